The van der Waals surface area contributed by atoms with Crippen LogP contribution in [0.15, 0.2) is 77.2 Å². The van der Waals surface area contributed by atoms with E-state index in [0.29, 0.717) is 41.9 Å². The zero-order valence-electron chi connectivity index (χ0n) is 30.5. The summed E-state index contributed by atoms with van der Waals surface area (Å²) in [6.45, 7) is 5.98. The molecule has 3 aromatic carbocycles. The van der Waals surface area contributed by atoms with Crippen molar-refractivity contribution >= 4 is 22.9 Å². The Kier molecular flexibility index (Phi) is 11.4. The first-order valence-electron chi connectivity index (χ1n) is 17.5. The van der Waals surface area contributed by atoms with Gasteiger partial charge in [-0.15, -0.1) is 0 Å². The monoisotopic (exact) mass is 695 g/mol. The van der Waals surface area contributed by atoms with E-state index in [4.69, 9.17) is 28.3 Å². The van der Waals surface area contributed by atoms with Crippen LogP contribution >= 0.6 is 0 Å². The molecule has 270 valence electrons. The number of carbonyl (C=O) groups is 1. The number of aryl methyl sites for hydroxylation is 1. The minimum absolute atomic E-state index is 0.0945. The molecule has 1 N–H and O–H groups in total. The predicted octanol–water partition coefficient (Wildman–Crippen LogP) is 6.84. The molecule has 6 rings (SSSR count). The second-order valence-corrected chi connectivity index (χ2v) is 13.1. The van der Waals surface area contributed by atoms with Crippen LogP contribution in [0.2, 0.25) is 0 Å². The van der Waals surface area contributed by atoms with Gasteiger partial charge in [0.25, 0.3) is 5.91 Å². The summed E-state index contributed by atoms with van der Waals surface area (Å²) in [5.41, 5.74) is 3.67. The number of methoxy groups -OCH3 is 4. The molecule has 1 saturated heterocycles. The van der Waals surface area contributed by atoms with E-state index in [0.717, 1.165) is 78.7 Å². The molecule has 51 heavy (non-hydrogen) atoms. The van der Waals surface area contributed by atoms with E-state index in [1.165, 1.54) is 0 Å². The molecule has 1 aliphatic heterocycles. The van der Waals surface area contributed by atoms with Crippen LogP contribution in [0.25, 0.3) is 11.0 Å². The first kappa shape index (κ1) is 35.7. The number of rotatable bonds is 15. The Labute approximate surface area is 300 Å². The van der Waals surface area contributed by atoms with E-state index in [1.807, 2.05) is 44.3 Å². The number of fused-ring (bicyclic) bond motifs is 1. The van der Waals surface area contributed by atoms with Gasteiger partial charge in [-0.05, 0) is 86.8 Å². The number of nitrogens with one attached hydrogen (secondary N) is 1. The summed E-state index contributed by atoms with van der Waals surface area (Å²) in [4.78, 5) is 23.0. The Morgan fingerprint density at radius 3 is 2.35 bits per heavy atom. The van der Waals surface area contributed by atoms with Crippen LogP contribution in [0.3, 0.4) is 0 Å². The van der Waals surface area contributed by atoms with Crippen molar-refractivity contribution in [2.24, 2.45) is 0 Å². The van der Waals surface area contributed by atoms with Crippen molar-refractivity contribution < 1.29 is 28.2 Å². The standard InChI is InChI=1S/C40H49N5O6/c1-27-14-15-33(51-27)26-45-35-13-8-7-12-34(35)42-40(45)41-31-17-20-44(21-18-31)19-16-29(28-10-9-11-32(22-28)47-3)25-43(2)39(46)30-23-36(48-4)38(50-6)37(24-30)49-5/h7-15,22-24,29,31H,16-21,25-26H2,1-6H3,(H,41,42). The highest BCUT2D eigenvalue weighted by Gasteiger charge is 2.26. The smallest absolute Gasteiger partial charge is 0.253 e. The number of hydrogen-bond donors (Lipinski definition) is 1. The van der Waals surface area contributed by atoms with Crippen molar-refractivity contribution in [3.63, 3.8) is 0 Å². The maximum Gasteiger partial charge on any atom is 0.253 e. The molecule has 1 amide bonds. The van der Waals surface area contributed by atoms with Crippen molar-refractivity contribution in [1.29, 1.82) is 0 Å². The second-order valence-electron chi connectivity index (χ2n) is 13.1. The molecule has 11 nitrogen and oxygen atoms in total. The number of ether oxygens (including phenoxy) is 4. The Morgan fingerprint density at radius 2 is 1.69 bits per heavy atom. The van der Waals surface area contributed by atoms with Crippen molar-refractivity contribution in [1.82, 2.24) is 19.4 Å². The summed E-state index contributed by atoms with van der Waals surface area (Å²) < 4.78 is 30.2. The molecule has 0 saturated carbocycles. The number of amides is 1. The zero-order chi connectivity index (χ0) is 35.9. The highest BCUT2D eigenvalue weighted by atomic mass is 16.5. The molecule has 1 unspecified atom stereocenters. The van der Waals surface area contributed by atoms with Gasteiger partial charge in [0.05, 0.1) is 46.0 Å². The lowest BCUT2D eigenvalue weighted by Gasteiger charge is -2.34. The quantitative estimate of drug-likeness (QED) is 0.126. The number of nitrogens with zero attached hydrogens (tertiary/aromatic N) is 4. The molecule has 0 radical (unpaired) electrons. The van der Waals surface area contributed by atoms with Crippen LogP contribution in [0.4, 0.5) is 5.95 Å². The van der Waals surface area contributed by atoms with Gasteiger partial charge in [0.1, 0.15) is 17.3 Å². The highest BCUT2D eigenvalue weighted by Crippen LogP contribution is 2.38. The van der Waals surface area contributed by atoms with E-state index in [2.05, 4.69) is 45.1 Å². The van der Waals surface area contributed by atoms with Gasteiger partial charge < -0.3 is 43.0 Å². The first-order chi connectivity index (χ1) is 24.8. The van der Waals surface area contributed by atoms with Crippen molar-refractivity contribution in [3.05, 3.63) is 95.4 Å². The van der Waals surface area contributed by atoms with Crippen LogP contribution in [0.5, 0.6) is 23.0 Å². The van der Waals surface area contributed by atoms with Gasteiger partial charge in [-0.1, -0.05) is 24.3 Å². The lowest BCUT2D eigenvalue weighted by molar-refractivity contribution is 0.0781. The zero-order valence-corrected chi connectivity index (χ0v) is 30.5. The summed E-state index contributed by atoms with van der Waals surface area (Å²) in [5.74, 6) is 4.81. The topological polar surface area (TPSA) is 103 Å². The third kappa shape index (κ3) is 8.26. The van der Waals surface area contributed by atoms with Gasteiger partial charge in [0.2, 0.25) is 11.7 Å². The van der Waals surface area contributed by atoms with Gasteiger partial charge in [-0.3, -0.25) is 4.79 Å². The Bertz CT molecular complexity index is 1900. The van der Waals surface area contributed by atoms with Gasteiger partial charge in [-0.2, -0.15) is 0 Å². The normalized spacial score (nSPS) is 14.3. The largest absolute Gasteiger partial charge is 0.497 e. The maximum atomic E-state index is 13.8. The number of para-hydroxylation sites is 2. The van der Waals surface area contributed by atoms with Crippen LogP contribution in [0.1, 0.15) is 52.6 Å². The molecule has 5 aromatic rings. The average Bonchev–Trinajstić information content (AvgIpc) is 3.74. The van der Waals surface area contributed by atoms with E-state index in [9.17, 15) is 4.79 Å². The predicted molar refractivity (Wildman–Crippen MR) is 199 cm³/mol. The summed E-state index contributed by atoms with van der Waals surface area (Å²) in [7, 11) is 8.17. The molecule has 3 heterocycles. The van der Waals surface area contributed by atoms with Gasteiger partial charge in [0.15, 0.2) is 11.5 Å². The number of benzene rings is 3. The third-order valence-corrected chi connectivity index (χ3v) is 9.80. The average molecular weight is 696 g/mol. The first-order valence-corrected chi connectivity index (χ1v) is 17.5. The number of furan rings is 1. The summed E-state index contributed by atoms with van der Waals surface area (Å²) in [5, 5.41) is 3.77. The van der Waals surface area contributed by atoms with E-state index >= 15 is 0 Å². The highest BCUT2D eigenvalue weighted by molar-refractivity contribution is 5.95. The van der Waals surface area contributed by atoms with E-state index in [1.54, 1.807) is 45.5 Å². The number of hydrogen-bond acceptors (Lipinski definition) is 9. The van der Waals surface area contributed by atoms with Gasteiger partial charge in [0, 0.05) is 44.2 Å². The molecule has 1 atom stereocenters. The molecule has 1 fully saturated rings. The minimum atomic E-state index is -0.123. The SMILES string of the molecule is COc1cccc(C(CCN2CCC(Nc3nc4ccccc4n3Cc3ccc(C)o3)CC2)CN(C)C(=O)c2cc(OC)c(OC)c(OC)c2)c1. The Hall–Kier alpha value is -5.16. The Morgan fingerprint density at radius 1 is 0.941 bits per heavy atom. The van der Waals surface area contributed by atoms with E-state index < -0.39 is 0 Å². The van der Waals surface area contributed by atoms with Crippen molar-refractivity contribution in [2.75, 3.05) is 67.0 Å². The number of aromatic nitrogens is 2. The molecule has 0 aliphatic carbocycles. The van der Waals surface area contributed by atoms with Crippen LogP contribution in [-0.2, 0) is 6.54 Å². The fraction of sp³-hybridized carbons (Fsp3) is 0.400. The molecule has 2 aromatic heterocycles. The number of likely N-dealkylation sites (N-methyl/N-ethyl adjacent to an activating group) is 1. The summed E-state index contributed by atoms with van der Waals surface area (Å²) in [6, 6.07) is 24.2. The van der Waals surface area contributed by atoms with Crippen molar-refractivity contribution in [2.45, 2.75) is 44.7 Å². The fourth-order valence-corrected chi connectivity index (χ4v) is 6.99. The molecule has 0 bridgehead atoms. The second kappa shape index (κ2) is 16.2. The van der Waals surface area contributed by atoms with E-state index in [-0.39, 0.29) is 11.8 Å². The molecular formula is C40H49N5O6. The number of piperidine rings is 1. The lowest BCUT2D eigenvalue weighted by atomic mass is 9.93. The molecule has 11 heteroatoms. The lowest BCUT2D eigenvalue weighted by Crippen LogP contribution is -2.40. The third-order valence-electron chi connectivity index (χ3n) is 9.80. The van der Waals surface area contributed by atoms with Crippen LogP contribution in [0, 0.1) is 6.92 Å². The molecule has 1 aliphatic rings. The summed E-state index contributed by atoms with van der Waals surface area (Å²) >= 11 is 0. The number of imidazole rings is 1. The fourth-order valence-electron chi connectivity index (χ4n) is 6.99. The minimum Gasteiger partial charge on any atom is -0.497 e. The maximum absolute atomic E-state index is 13.8. The summed E-state index contributed by atoms with van der Waals surface area (Å²) in [6.07, 6.45) is 2.90. The van der Waals surface area contributed by atoms with Crippen LogP contribution in [-0.4, -0.2) is 93.0 Å². The van der Waals surface area contributed by atoms with Crippen LogP contribution < -0.4 is 24.3 Å². The number of anilines is 1. The van der Waals surface area contributed by atoms with Gasteiger partial charge in [-0.25, -0.2) is 4.98 Å². The Balaban J connectivity index is 1.11. The molecular weight excluding hydrogens is 646 g/mol. The van der Waals surface area contributed by atoms with Gasteiger partial charge >= 0.3 is 0 Å². The van der Waals surface area contributed by atoms with Crippen molar-refractivity contribution in [3.8, 4) is 23.0 Å². The number of likely N-dealkylation sites (tertiary alicyclic amines) is 1. The number of carbonyl (C=O) groups excluding carboxylic acids is 1. The molecule has 0 spiro atoms.